The third-order valence-electron chi connectivity index (χ3n) is 3.23. The van der Waals surface area contributed by atoms with E-state index in [1.165, 1.54) is 0 Å². The summed E-state index contributed by atoms with van der Waals surface area (Å²) in [5, 5.41) is 12.7. The van der Waals surface area contributed by atoms with Crippen LogP contribution >= 0.6 is 0 Å². The van der Waals surface area contributed by atoms with Crippen LogP contribution in [0.1, 0.15) is 31.5 Å². The molecule has 1 aliphatic heterocycles. The van der Waals surface area contributed by atoms with E-state index < -0.39 is 6.61 Å². The fraction of sp³-hybridized carbons (Fsp3) is 0.727. The molecule has 0 radical (unpaired) electrons. The van der Waals surface area contributed by atoms with Gasteiger partial charge in [0.05, 0.1) is 5.41 Å². The number of nitrogens with zero attached hydrogens (tertiary/aromatic N) is 3. The van der Waals surface area contributed by atoms with E-state index in [-0.39, 0.29) is 11.3 Å². The van der Waals surface area contributed by atoms with Crippen LogP contribution in [0.5, 0.6) is 0 Å². The third-order valence-corrected chi connectivity index (χ3v) is 3.23. The zero-order chi connectivity index (χ0) is 12.5. The van der Waals surface area contributed by atoms with Crippen molar-refractivity contribution >= 4 is 5.91 Å². The van der Waals surface area contributed by atoms with Crippen molar-refractivity contribution in [1.29, 1.82) is 0 Å². The van der Waals surface area contributed by atoms with Gasteiger partial charge in [0.25, 0.3) is 0 Å². The summed E-state index contributed by atoms with van der Waals surface area (Å²) < 4.78 is 5.21. The Hall–Kier alpha value is -1.43. The molecule has 94 valence electrons. The van der Waals surface area contributed by atoms with E-state index in [2.05, 4.69) is 10.1 Å². The number of aliphatic hydroxyl groups excluding tert-OH is 1. The fourth-order valence-electron chi connectivity index (χ4n) is 2.27. The molecule has 1 atom stereocenters. The molecule has 17 heavy (non-hydrogen) atoms. The summed E-state index contributed by atoms with van der Waals surface area (Å²) >= 11 is 0. The van der Waals surface area contributed by atoms with Gasteiger partial charge in [-0.15, -0.1) is 0 Å². The van der Waals surface area contributed by atoms with Crippen LogP contribution in [0.4, 0.5) is 0 Å². The Labute approximate surface area is 99.6 Å². The molecule has 0 aromatic carbocycles. The van der Waals surface area contributed by atoms with E-state index >= 15 is 0 Å². The quantitative estimate of drug-likeness (QED) is 0.800. The third kappa shape index (κ3) is 2.31. The van der Waals surface area contributed by atoms with Crippen LogP contribution in [-0.2, 0) is 10.2 Å². The second-order valence-corrected chi connectivity index (χ2v) is 4.78. The lowest BCUT2D eigenvalue weighted by molar-refractivity contribution is -0.136. The summed E-state index contributed by atoms with van der Waals surface area (Å²) in [7, 11) is 0. The molecule has 1 saturated heterocycles. The Morgan fingerprint density at radius 1 is 1.65 bits per heavy atom. The predicted molar refractivity (Wildman–Crippen MR) is 59.3 cm³/mol. The van der Waals surface area contributed by atoms with Crippen molar-refractivity contribution in [1.82, 2.24) is 15.0 Å². The van der Waals surface area contributed by atoms with Gasteiger partial charge in [0.15, 0.2) is 5.82 Å². The number of hydrogen-bond acceptors (Lipinski definition) is 5. The lowest BCUT2D eigenvalue weighted by atomic mass is 9.81. The molecular weight excluding hydrogens is 222 g/mol. The average molecular weight is 239 g/mol. The molecule has 1 aromatic heterocycles. The van der Waals surface area contributed by atoms with Gasteiger partial charge in [-0.2, -0.15) is 4.98 Å². The maximum atomic E-state index is 11.5. The largest absolute Gasteiger partial charge is 0.387 e. The highest BCUT2D eigenvalue weighted by Gasteiger charge is 2.38. The van der Waals surface area contributed by atoms with Gasteiger partial charge in [-0.25, -0.2) is 0 Å². The van der Waals surface area contributed by atoms with Crippen LogP contribution in [0.15, 0.2) is 4.52 Å². The molecule has 2 rings (SSSR count). The van der Waals surface area contributed by atoms with Gasteiger partial charge in [-0.1, -0.05) is 5.16 Å². The monoisotopic (exact) mass is 239 g/mol. The van der Waals surface area contributed by atoms with E-state index in [0.717, 1.165) is 12.8 Å². The number of carbonyl (C=O) groups excluding carboxylic acids is 1. The van der Waals surface area contributed by atoms with Crippen molar-refractivity contribution < 1.29 is 14.4 Å². The molecule has 0 aliphatic carbocycles. The topological polar surface area (TPSA) is 79.5 Å². The normalized spacial score (nSPS) is 25.0. The molecule has 0 saturated carbocycles. The van der Waals surface area contributed by atoms with Gasteiger partial charge in [-0.3, -0.25) is 4.79 Å². The Kier molecular flexibility index (Phi) is 3.15. The van der Waals surface area contributed by atoms with E-state index in [4.69, 9.17) is 9.63 Å². The number of likely N-dealkylation sites (tertiary alicyclic amines) is 1. The molecule has 0 spiro atoms. The number of rotatable bonds is 2. The zero-order valence-corrected chi connectivity index (χ0v) is 10.1. The van der Waals surface area contributed by atoms with Crippen LogP contribution < -0.4 is 0 Å². The van der Waals surface area contributed by atoms with Gasteiger partial charge in [-0.05, 0) is 26.7 Å². The first-order valence-corrected chi connectivity index (χ1v) is 5.74. The molecular formula is C11H17N3O3. The minimum Gasteiger partial charge on any atom is -0.387 e. The molecule has 6 heteroatoms. The number of aromatic nitrogens is 2. The van der Waals surface area contributed by atoms with E-state index in [0.29, 0.717) is 24.8 Å². The first kappa shape index (κ1) is 12.0. The lowest BCUT2D eigenvalue weighted by Crippen LogP contribution is -2.48. The average Bonchev–Trinajstić information content (AvgIpc) is 2.76. The van der Waals surface area contributed by atoms with Crippen molar-refractivity contribution in [2.45, 2.75) is 32.1 Å². The van der Waals surface area contributed by atoms with Crippen LogP contribution in [-0.4, -0.2) is 45.8 Å². The second-order valence-electron chi connectivity index (χ2n) is 4.78. The van der Waals surface area contributed by atoms with E-state index in [1.807, 2.05) is 6.92 Å². The highest BCUT2D eigenvalue weighted by molar-refractivity contribution is 5.77. The molecule has 1 amide bonds. The maximum absolute atomic E-state index is 11.5. The summed E-state index contributed by atoms with van der Waals surface area (Å²) in [5.74, 6) is 0.935. The number of carbonyl (C=O) groups is 1. The summed E-state index contributed by atoms with van der Waals surface area (Å²) in [6.07, 6.45) is 1.79. The summed E-state index contributed by atoms with van der Waals surface area (Å²) in [6, 6.07) is 0. The molecule has 2 heterocycles. The van der Waals surface area contributed by atoms with Crippen LogP contribution in [0.25, 0.3) is 0 Å². The zero-order valence-electron chi connectivity index (χ0n) is 10.1. The van der Waals surface area contributed by atoms with Crippen molar-refractivity contribution in [2.24, 2.45) is 0 Å². The Bertz CT molecular complexity index is 418. The molecule has 1 fully saturated rings. The summed E-state index contributed by atoms with van der Waals surface area (Å²) in [6.45, 7) is 4.54. The predicted octanol–water partition coefficient (Wildman–Crippen LogP) is 0.250. The van der Waals surface area contributed by atoms with Gasteiger partial charge in [0, 0.05) is 13.1 Å². The maximum Gasteiger partial charge on any atom is 0.248 e. The second kappa shape index (κ2) is 4.44. The highest BCUT2D eigenvalue weighted by Crippen LogP contribution is 2.32. The van der Waals surface area contributed by atoms with Crippen LogP contribution in [0.3, 0.4) is 0 Å². The highest BCUT2D eigenvalue weighted by atomic mass is 16.5. The van der Waals surface area contributed by atoms with Crippen molar-refractivity contribution in [3.8, 4) is 0 Å². The fourth-order valence-corrected chi connectivity index (χ4v) is 2.27. The number of hydrogen-bond donors (Lipinski definition) is 1. The summed E-state index contributed by atoms with van der Waals surface area (Å²) in [4.78, 5) is 17.4. The number of aliphatic hydroxyl groups is 1. The van der Waals surface area contributed by atoms with Crippen molar-refractivity contribution in [2.75, 3.05) is 19.7 Å². The Morgan fingerprint density at radius 3 is 3.00 bits per heavy atom. The Balaban J connectivity index is 2.17. The van der Waals surface area contributed by atoms with Gasteiger partial charge >= 0.3 is 0 Å². The number of piperidine rings is 1. The van der Waals surface area contributed by atoms with Crippen molar-refractivity contribution in [3.05, 3.63) is 11.7 Å². The van der Waals surface area contributed by atoms with Crippen LogP contribution in [0, 0.1) is 6.92 Å². The molecule has 1 aromatic rings. The minimum atomic E-state index is -0.445. The van der Waals surface area contributed by atoms with E-state index in [9.17, 15) is 4.79 Å². The summed E-state index contributed by atoms with van der Waals surface area (Å²) in [5.41, 5.74) is -0.301. The van der Waals surface area contributed by atoms with Crippen LogP contribution in [0.2, 0.25) is 0 Å². The van der Waals surface area contributed by atoms with E-state index in [1.54, 1.807) is 11.8 Å². The minimum absolute atomic E-state index is 0.243. The van der Waals surface area contributed by atoms with Gasteiger partial charge < -0.3 is 14.5 Å². The number of aryl methyl sites for hydroxylation is 1. The molecule has 0 unspecified atom stereocenters. The first-order chi connectivity index (χ1) is 8.05. The first-order valence-electron chi connectivity index (χ1n) is 5.74. The number of amides is 1. The van der Waals surface area contributed by atoms with Gasteiger partial charge in [0.2, 0.25) is 11.8 Å². The van der Waals surface area contributed by atoms with Crippen molar-refractivity contribution in [3.63, 3.8) is 0 Å². The SMILES string of the molecule is Cc1noc([C@]2(C)CCCN(C(=O)CO)C2)n1. The molecule has 6 nitrogen and oxygen atoms in total. The molecule has 1 aliphatic rings. The lowest BCUT2D eigenvalue weighted by Gasteiger charge is -2.37. The molecule has 1 N–H and O–H groups in total. The smallest absolute Gasteiger partial charge is 0.248 e. The van der Waals surface area contributed by atoms with Gasteiger partial charge in [0.1, 0.15) is 6.61 Å². The Morgan fingerprint density at radius 2 is 2.41 bits per heavy atom. The molecule has 0 bridgehead atoms. The standard InChI is InChI=1S/C11H17N3O3/c1-8-12-10(17-13-8)11(2)4-3-5-14(7-11)9(16)6-15/h15H,3-7H2,1-2H3/t11-/m1/s1.